The molecule has 0 bridgehead atoms. The fraction of sp³-hybridized carbons (Fsp3) is 0.286. The van der Waals surface area contributed by atoms with Gasteiger partial charge >= 0.3 is 0 Å². The molecule has 0 saturated heterocycles. The second kappa shape index (κ2) is 5.10. The highest BCUT2D eigenvalue weighted by Gasteiger charge is 2.21. The van der Waals surface area contributed by atoms with Crippen molar-refractivity contribution >= 4 is 33.3 Å². The van der Waals surface area contributed by atoms with Crippen molar-refractivity contribution in [2.24, 2.45) is 0 Å². The molecule has 0 radical (unpaired) electrons. The molecule has 1 aliphatic rings. The highest BCUT2D eigenvalue weighted by atomic mass is 79.9. The van der Waals surface area contributed by atoms with E-state index in [4.69, 9.17) is 11.6 Å². The van der Waals surface area contributed by atoms with E-state index in [0.717, 1.165) is 34.1 Å². The van der Waals surface area contributed by atoms with Crippen molar-refractivity contribution in [3.05, 3.63) is 50.7 Å². The van der Waals surface area contributed by atoms with E-state index in [1.165, 1.54) is 0 Å². The number of carbonyl (C=O) groups excluding carboxylic acids is 1. The maximum atomic E-state index is 11.8. The topological polar surface area (TPSA) is 34.9 Å². The van der Waals surface area contributed by atoms with Crippen LogP contribution in [0.2, 0.25) is 5.02 Å². The predicted molar refractivity (Wildman–Crippen MR) is 77.7 cm³/mol. The van der Waals surface area contributed by atoms with Gasteiger partial charge in [-0.3, -0.25) is 9.48 Å². The third-order valence-electron chi connectivity index (χ3n) is 3.32. The molecule has 0 saturated carbocycles. The molecule has 0 N–H and O–H groups in total. The van der Waals surface area contributed by atoms with Crippen molar-refractivity contribution in [1.82, 2.24) is 9.78 Å². The van der Waals surface area contributed by atoms with Gasteiger partial charge in [0.15, 0.2) is 5.78 Å². The summed E-state index contributed by atoms with van der Waals surface area (Å²) in [5, 5.41) is 5.04. The number of halogens is 2. The van der Waals surface area contributed by atoms with E-state index in [1.807, 2.05) is 22.9 Å². The number of Topliss-reactive ketones (excluding diaryl/α,β-unsaturated/α-hetero) is 1. The Bertz CT molecular complexity index is 631. The summed E-state index contributed by atoms with van der Waals surface area (Å²) in [6.45, 7) is 0.641. The van der Waals surface area contributed by atoms with Crippen LogP contribution in [0.1, 0.15) is 34.5 Å². The Kier molecular flexibility index (Phi) is 3.46. The predicted octanol–water partition coefficient (Wildman–Crippen LogP) is 3.87. The first kappa shape index (κ1) is 12.9. The molecule has 1 aliphatic carbocycles. The van der Waals surface area contributed by atoms with Crippen molar-refractivity contribution in [1.29, 1.82) is 0 Å². The van der Waals surface area contributed by atoms with Crippen LogP contribution in [0.15, 0.2) is 28.9 Å². The fourth-order valence-corrected chi connectivity index (χ4v) is 3.40. The molecule has 0 aliphatic heterocycles. The summed E-state index contributed by atoms with van der Waals surface area (Å²) >= 11 is 9.48. The molecule has 1 aromatic carbocycles. The molecule has 1 heterocycles. The second-order valence-electron chi connectivity index (χ2n) is 4.72. The maximum Gasteiger partial charge on any atom is 0.166 e. The Hall–Kier alpha value is -1.13. The first-order chi connectivity index (χ1) is 9.13. The largest absolute Gasteiger partial charge is 0.294 e. The summed E-state index contributed by atoms with van der Waals surface area (Å²) in [4.78, 5) is 11.8. The summed E-state index contributed by atoms with van der Waals surface area (Å²) in [5.74, 6) is 0.208. The number of hydrogen-bond donors (Lipinski definition) is 0. The van der Waals surface area contributed by atoms with Gasteiger partial charge in [0.25, 0.3) is 0 Å². The molecule has 0 amide bonds. The van der Waals surface area contributed by atoms with Crippen LogP contribution in [0.5, 0.6) is 0 Å². The van der Waals surface area contributed by atoms with E-state index in [2.05, 4.69) is 21.0 Å². The smallest absolute Gasteiger partial charge is 0.166 e. The van der Waals surface area contributed by atoms with E-state index < -0.39 is 0 Å². The van der Waals surface area contributed by atoms with Crippen LogP contribution in [0.3, 0.4) is 0 Å². The molecule has 0 spiro atoms. The van der Waals surface area contributed by atoms with Crippen molar-refractivity contribution in [2.45, 2.75) is 25.8 Å². The van der Waals surface area contributed by atoms with Crippen molar-refractivity contribution in [3.8, 4) is 0 Å². The molecule has 2 aromatic rings. The van der Waals surface area contributed by atoms with E-state index in [9.17, 15) is 4.79 Å². The number of rotatable bonds is 2. The zero-order valence-electron chi connectivity index (χ0n) is 10.2. The van der Waals surface area contributed by atoms with Gasteiger partial charge in [-0.15, -0.1) is 0 Å². The quantitative estimate of drug-likeness (QED) is 0.832. The van der Waals surface area contributed by atoms with Crippen LogP contribution in [0.25, 0.3) is 0 Å². The zero-order valence-corrected chi connectivity index (χ0v) is 12.5. The standard InChI is InChI=1S/C14H12BrClN2O/c15-10-4-9(5-11(16)6-10)8-18-13-2-1-3-14(19)12(13)7-17-18/h4-7H,1-3,8H2. The minimum absolute atomic E-state index is 0.208. The van der Waals surface area contributed by atoms with Crippen LogP contribution in [0.4, 0.5) is 0 Å². The molecule has 98 valence electrons. The number of hydrogen-bond acceptors (Lipinski definition) is 2. The van der Waals surface area contributed by atoms with Crippen LogP contribution in [-0.2, 0) is 13.0 Å². The van der Waals surface area contributed by atoms with Gasteiger partial charge < -0.3 is 0 Å². The van der Waals surface area contributed by atoms with Gasteiger partial charge in [-0.1, -0.05) is 27.5 Å². The van der Waals surface area contributed by atoms with E-state index in [1.54, 1.807) is 6.20 Å². The van der Waals surface area contributed by atoms with Crippen molar-refractivity contribution in [2.75, 3.05) is 0 Å². The molecular weight excluding hydrogens is 328 g/mol. The molecular formula is C14H12BrClN2O. The Morgan fingerprint density at radius 3 is 2.95 bits per heavy atom. The van der Waals surface area contributed by atoms with Crippen molar-refractivity contribution in [3.63, 3.8) is 0 Å². The van der Waals surface area contributed by atoms with E-state index in [0.29, 0.717) is 18.0 Å². The summed E-state index contributed by atoms with van der Waals surface area (Å²) < 4.78 is 2.86. The Morgan fingerprint density at radius 1 is 1.32 bits per heavy atom. The number of aromatic nitrogens is 2. The lowest BCUT2D eigenvalue weighted by atomic mass is 9.97. The second-order valence-corrected chi connectivity index (χ2v) is 6.07. The summed E-state index contributed by atoms with van der Waals surface area (Å²) in [6, 6.07) is 5.79. The molecule has 3 rings (SSSR count). The average Bonchev–Trinajstić information content (AvgIpc) is 2.73. The molecule has 0 fully saturated rings. The average molecular weight is 340 g/mol. The maximum absolute atomic E-state index is 11.8. The first-order valence-corrected chi connectivity index (χ1v) is 7.33. The molecule has 3 nitrogen and oxygen atoms in total. The van der Waals surface area contributed by atoms with Crippen LogP contribution in [0, 0.1) is 0 Å². The van der Waals surface area contributed by atoms with E-state index in [-0.39, 0.29) is 5.78 Å². The number of benzene rings is 1. The Labute approximate surface area is 124 Å². The summed E-state index contributed by atoms with van der Waals surface area (Å²) in [5.41, 5.74) is 2.91. The van der Waals surface area contributed by atoms with Crippen LogP contribution >= 0.6 is 27.5 Å². The zero-order chi connectivity index (χ0) is 13.4. The van der Waals surface area contributed by atoms with Gasteiger partial charge in [0.05, 0.1) is 18.3 Å². The minimum atomic E-state index is 0.208. The van der Waals surface area contributed by atoms with Crippen LogP contribution in [-0.4, -0.2) is 15.6 Å². The van der Waals surface area contributed by atoms with Gasteiger partial charge in [-0.25, -0.2) is 0 Å². The third kappa shape index (κ3) is 2.60. The fourth-order valence-electron chi connectivity index (χ4n) is 2.47. The minimum Gasteiger partial charge on any atom is -0.294 e. The van der Waals surface area contributed by atoms with E-state index >= 15 is 0 Å². The normalized spacial score (nSPS) is 14.5. The van der Waals surface area contributed by atoms with Crippen molar-refractivity contribution < 1.29 is 4.79 Å². The lowest BCUT2D eigenvalue weighted by Gasteiger charge is -2.13. The highest BCUT2D eigenvalue weighted by Crippen LogP contribution is 2.24. The molecule has 19 heavy (non-hydrogen) atoms. The van der Waals surface area contributed by atoms with Gasteiger partial charge in [0, 0.05) is 21.6 Å². The molecule has 0 atom stereocenters. The molecule has 5 heteroatoms. The first-order valence-electron chi connectivity index (χ1n) is 6.16. The highest BCUT2D eigenvalue weighted by molar-refractivity contribution is 9.10. The number of carbonyl (C=O) groups is 1. The monoisotopic (exact) mass is 338 g/mol. The lowest BCUT2D eigenvalue weighted by Crippen LogP contribution is -2.14. The number of ketones is 1. The summed E-state index contributed by atoms with van der Waals surface area (Å²) in [7, 11) is 0. The number of fused-ring (bicyclic) bond motifs is 1. The van der Waals surface area contributed by atoms with Gasteiger partial charge in [-0.2, -0.15) is 5.10 Å². The van der Waals surface area contributed by atoms with Gasteiger partial charge in [-0.05, 0) is 36.6 Å². The lowest BCUT2D eigenvalue weighted by molar-refractivity contribution is 0.0972. The SMILES string of the molecule is O=C1CCCc2c1cnn2Cc1cc(Cl)cc(Br)c1. The molecule has 0 unspecified atom stereocenters. The Balaban J connectivity index is 1.93. The number of nitrogens with zero attached hydrogens (tertiary/aromatic N) is 2. The summed E-state index contributed by atoms with van der Waals surface area (Å²) in [6.07, 6.45) is 4.16. The third-order valence-corrected chi connectivity index (χ3v) is 4.00. The van der Waals surface area contributed by atoms with Gasteiger partial charge in [0.2, 0.25) is 0 Å². The van der Waals surface area contributed by atoms with Gasteiger partial charge in [0.1, 0.15) is 0 Å². The molecule has 1 aromatic heterocycles. The van der Waals surface area contributed by atoms with Crippen LogP contribution < -0.4 is 0 Å². The Morgan fingerprint density at radius 2 is 2.16 bits per heavy atom.